The van der Waals surface area contributed by atoms with E-state index >= 15 is 0 Å². The number of carbonyl (C=O) groups is 2. The third-order valence-electron chi connectivity index (χ3n) is 6.56. The second-order valence-corrected chi connectivity index (χ2v) is 9.59. The molecule has 0 radical (unpaired) electrons. The average molecular weight is 490 g/mol. The number of benzene rings is 1. The molecule has 0 bridgehead atoms. The van der Waals surface area contributed by atoms with Crippen molar-refractivity contribution < 1.29 is 9.59 Å². The molecule has 4 rings (SSSR count). The van der Waals surface area contributed by atoms with Gasteiger partial charge < -0.3 is 20.0 Å². The van der Waals surface area contributed by atoms with Gasteiger partial charge >= 0.3 is 6.03 Å². The highest BCUT2D eigenvalue weighted by molar-refractivity contribution is 6.35. The first-order valence-electron chi connectivity index (χ1n) is 11.3. The molecule has 0 unspecified atom stereocenters. The Balaban J connectivity index is 1.23. The van der Waals surface area contributed by atoms with Gasteiger partial charge in [-0.1, -0.05) is 23.2 Å². The molecule has 1 N–H and O–H groups in total. The summed E-state index contributed by atoms with van der Waals surface area (Å²) in [7, 11) is 1.85. The van der Waals surface area contributed by atoms with Crippen molar-refractivity contribution in [2.24, 2.45) is 0 Å². The second-order valence-electron chi connectivity index (χ2n) is 8.71. The van der Waals surface area contributed by atoms with E-state index in [1.54, 1.807) is 35.5 Å². The topological polar surface area (TPSA) is 68.8 Å². The highest BCUT2D eigenvalue weighted by atomic mass is 35.5. The quantitative estimate of drug-likeness (QED) is 0.694. The van der Waals surface area contributed by atoms with Crippen LogP contribution in [0.25, 0.3) is 0 Å². The van der Waals surface area contributed by atoms with Gasteiger partial charge in [0.15, 0.2) is 0 Å². The van der Waals surface area contributed by atoms with Crippen molar-refractivity contribution in [3.8, 4) is 0 Å². The smallest absolute Gasteiger partial charge is 0.317 e. The minimum absolute atomic E-state index is 0.00130. The van der Waals surface area contributed by atoms with Gasteiger partial charge in [0, 0.05) is 73.4 Å². The summed E-state index contributed by atoms with van der Waals surface area (Å²) in [6, 6.07) is 9.34. The van der Waals surface area contributed by atoms with E-state index in [4.69, 9.17) is 23.2 Å². The number of urea groups is 1. The molecule has 2 saturated heterocycles. The number of carbonyl (C=O) groups excluding carboxylic acids is 2. The zero-order chi connectivity index (χ0) is 23.4. The molecule has 2 aromatic rings. The number of nitrogens with zero attached hydrogens (tertiary/aromatic N) is 4. The first-order valence-corrected chi connectivity index (χ1v) is 12.1. The van der Waals surface area contributed by atoms with E-state index in [9.17, 15) is 9.59 Å². The largest absolute Gasteiger partial charge is 0.371 e. The van der Waals surface area contributed by atoms with Crippen LogP contribution >= 0.6 is 23.2 Å². The van der Waals surface area contributed by atoms with Crippen molar-refractivity contribution in [3.05, 3.63) is 58.3 Å². The highest BCUT2D eigenvalue weighted by Crippen LogP contribution is 2.27. The van der Waals surface area contributed by atoms with Gasteiger partial charge in [-0.15, -0.1) is 0 Å². The summed E-state index contributed by atoms with van der Waals surface area (Å²) in [5.41, 5.74) is 1.62. The molecule has 2 aliphatic heterocycles. The average Bonchev–Trinajstić information content (AvgIpc) is 2.83. The number of piperidine rings is 2. The summed E-state index contributed by atoms with van der Waals surface area (Å²) >= 11 is 12.3. The molecule has 33 heavy (non-hydrogen) atoms. The Morgan fingerprint density at radius 1 is 1.03 bits per heavy atom. The number of pyridine rings is 1. The molecule has 1 aromatic carbocycles. The summed E-state index contributed by atoms with van der Waals surface area (Å²) in [5, 5.41) is 4.44. The van der Waals surface area contributed by atoms with Gasteiger partial charge in [0.25, 0.3) is 5.91 Å². The molecule has 2 fully saturated rings. The fourth-order valence-corrected chi connectivity index (χ4v) is 5.09. The van der Waals surface area contributed by atoms with Crippen LogP contribution in [-0.4, -0.2) is 72.0 Å². The van der Waals surface area contributed by atoms with Gasteiger partial charge in [0.05, 0.1) is 5.56 Å². The van der Waals surface area contributed by atoms with Crippen LogP contribution in [0.5, 0.6) is 0 Å². The number of halogens is 2. The predicted octanol–water partition coefficient (Wildman–Crippen LogP) is 4.30. The molecule has 0 saturated carbocycles. The molecular formula is C24H29Cl2N5O2. The lowest BCUT2D eigenvalue weighted by Crippen LogP contribution is -2.53. The zero-order valence-electron chi connectivity index (χ0n) is 18.7. The molecular weight excluding hydrogens is 461 g/mol. The standard InChI is InChI=1S/C24H29Cl2N5O2/c1-29(21-6-11-31(12-7-21)23(32)17-3-2-8-27-16-17)24(33)28-20-4-9-30(10-5-20)22-14-18(25)13-19(26)15-22/h2-3,8,13-16,20-21H,4-7,9-12H2,1H3,(H,28,33). The number of likely N-dealkylation sites (tertiary alicyclic amines) is 1. The Labute approximate surface area is 204 Å². The number of anilines is 1. The molecule has 1 aromatic heterocycles. The molecule has 3 heterocycles. The molecule has 0 spiro atoms. The molecule has 3 amide bonds. The summed E-state index contributed by atoms with van der Waals surface area (Å²) in [5.74, 6) is 0.00130. The SMILES string of the molecule is CN(C(=O)NC1CCN(c2cc(Cl)cc(Cl)c2)CC1)C1CCN(C(=O)c2cccnc2)CC1. The van der Waals surface area contributed by atoms with Crippen LogP contribution in [0.4, 0.5) is 10.5 Å². The minimum Gasteiger partial charge on any atom is -0.371 e. The predicted molar refractivity (Wildman–Crippen MR) is 131 cm³/mol. The first-order chi connectivity index (χ1) is 15.9. The second kappa shape index (κ2) is 10.6. The third-order valence-corrected chi connectivity index (χ3v) is 7.00. The summed E-state index contributed by atoms with van der Waals surface area (Å²) in [4.78, 5) is 35.4. The lowest BCUT2D eigenvalue weighted by atomic mass is 10.0. The number of nitrogens with one attached hydrogen (secondary N) is 1. The molecule has 2 aliphatic rings. The molecule has 7 nitrogen and oxygen atoms in total. The van der Waals surface area contributed by atoms with Crippen molar-refractivity contribution >= 4 is 40.8 Å². The molecule has 0 atom stereocenters. The van der Waals surface area contributed by atoms with Crippen LogP contribution in [0.3, 0.4) is 0 Å². The van der Waals surface area contributed by atoms with Crippen LogP contribution in [0, 0.1) is 0 Å². The Morgan fingerprint density at radius 3 is 2.30 bits per heavy atom. The van der Waals surface area contributed by atoms with Gasteiger partial charge in [-0.3, -0.25) is 9.78 Å². The Morgan fingerprint density at radius 2 is 1.70 bits per heavy atom. The Bertz CT molecular complexity index is 954. The molecule has 0 aliphatic carbocycles. The van der Waals surface area contributed by atoms with E-state index in [1.165, 1.54) is 0 Å². The van der Waals surface area contributed by atoms with Crippen LogP contribution in [0.15, 0.2) is 42.7 Å². The fraction of sp³-hybridized carbons (Fsp3) is 0.458. The van der Waals surface area contributed by atoms with E-state index < -0.39 is 0 Å². The van der Waals surface area contributed by atoms with Gasteiger partial charge in [0.2, 0.25) is 0 Å². The van der Waals surface area contributed by atoms with Crippen LogP contribution in [0.2, 0.25) is 10.0 Å². The minimum atomic E-state index is -0.0451. The summed E-state index contributed by atoms with van der Waals surface area (Å²) < 4.78 is 0. The zero-order valence-corrected chi connectivity index (χ0v) is 20.2. The molecule has 176 valence electrons. The lowest BCUT2D eigenvalue weighted by Gasteiger charge is -2.38. The maximum absolute atomic E-state index is 12.9. The van der Waals surface area contributed by atoms with Crippen LogP contribution < -0.4 is 10.2 Å². The fourth-order valence-electron chi connectivity index (χ4n) is 4.57. The maximum atomic E-state index is 12.9. The van der Waals surface area contributed by atoms with Gasteiger partial charge in [-0.2, -0.15) is 0 Å². The van der Waals surface area contributed by atoms with Crippen molar-refractivity contribution in [2.45, 2.75) is 37.8 Å². The van der Waals surface area contributed by atoms with E-state index in [0.29, 0.717) is 28.7 Å². The van der Waals surface area contributed by atoms with Crippen molar-refractivity contribution in [1.82, 2.24) is 20.1 Å². The normalized spacial score (nSPS) is 17.7. The number of amides is 3. The monoisotopic (exact) mass is 489 g/mol. The summed E-state index contributed by atoms with van der Waals surface area (Å²) in [6.07, 6.45) is 6.52. The van der Waals surface area contributed by atoms with Crippen molar-refractivity contribution in [2.75, 3.05) is 38.1 Å². The van der Waals surface area contributed by atoms with Crippen LogP contribution in [-0.2, 0) is 0 Å². The van der Waals surface area contributed by atoms with E-state index in [-0.39, 0.29) is 24.0 Å². The first kappa shape index (κ1) is 23.6. The number of hydrogen-bond donors (Lipinski definition) is 1. The van der Waals surface area contributed by atoms with Gasteiger partial charge in [-0.05, 0) is 56.0 Å². The highest BCUT2D eigenvalue weighted by Gasteiger charge is 2.29. The van der Waals surface area contributed by atoms with Gasteiger partial charge in [-0.25, -0.2) is 4.79 Å². The van der Waals surface area contributed by atoms with E-state index in [2.05, 4.69) is 15.2 Å². The van der Waals surface area contributed by atoms with Crippen molar-refractivity contribution in [1.29, 1.82) is 0 Å². The van der Waals surface area contributed by atoms with Crippen LogP contribution in [0.1, 0.15) is 36.0 Å². The molecule has 9 heteroatoms. The third kappa shape index (κ3) is 5.89. The Hall–Kier alpha value is -2.51. The number of rotatable bonds is 4. The van der Waals surface area contributed by atoms with Gasteiger partial charge in [0.1, 0.15) is 0 Å². The lowest BCUT2D eigenvalue weighted by molar-refractivity contribution is 0.0666. The Kier molecular flexibility index (Phi) is 7.60. The van der Waals surface area contributed by atoms with E-state index in [1.807, 2.05) is 24.1 Å². The van der Waals surface area contributed by atoms with Crippen molar-refractivity contribution in [3.63, 3.8) is 0 Å². The number of aromatic nitrogens is 1. The number of hydrogen-bond acceptors (Lipinski definition) is 4. The maximum Gasteiger partial charge on any atom is 0.317 e. The van der Waals surface area contributed by atoms with E-state index in [0.717, 1.165) is 44.5 Å². The summed E-state index contributed by atoms with van der Waals surface area (Å²) in [6.45, 7) is 2.94.